The molecule has 0 unspecified atom stereocenters. The van der Waals surface area contributed by atoms with Crippen molar-refractivity contribution in [2.45, 2.75) is 12.7 Å². The molecule has 1 aromatic carbocycles. The summed E-state index contributed by atoms with van der Waals surface area (Å²) >= 11 is 11.8. The third-order valence-corrected chi connectivity index (χ3v) is 3.40. The summed E-state index contributed by atoms with van der Waals surface area (Å²) in [5.74, 6) is 0.243. The van der Waals surface area contributed by atoms with Crippen LogP contribution in [0.25, 0.3) is 11.5 Å². The first kappa shape index (κ1) is 15.8. The SMILES string of the molecule is FC(F)(F)c1ccn(Cc2nnc(-c3ccc(Cl)cc3Cl)o2)n1. The molecule has 2 aromatic heterocycles. The van der Waals surface area contributed by atoms with Crippen LogP contribution in [0.4, 0.5) is 13.2 Å². The molecule has 23 heavy (non-hydrogen) atoms. The molecule has 0 radical (unpaired) electrons. The Bertz CT molecular complexity index is 844. The highest BCUT2D eigenvalue weighted by Gasteiger charge is 2.33. The smallest absolute Gasteiger partial charge is 0.419 e. The Kier molecular flexibility index (Phi) is 4.03. The summed E-state index contributed by atoms with van der Waals surface area (Å²) < 4.78 is 43.9. The zero-order chi connectivity index (χ0) is 16.6. The Morgan fingerprint density at radius 1 is 1.13 bits per heavy atom. The Morgan fingerprint density at radius 3 is 2.57 bits per heavy atom. The van der Waals surface area contributed by atoms with Gasteiger partial charge in [-0.2, -0.15) is 18.3 Å². The maximum atomic E-state index is 12.5. The normalized spacial score (nSPS) is 11.9. The molecule has 0 N–H and O–H groups in total. The Hall–Kier alpha value is -2.06. The molecule has 10 heteroatoms. The van der Waals surface area contributed by atoms with Crippen LogP contribution in [0.2, 0.25) is 10.0 Å². The van der Waals surface area contributed by atoms with Crippen LogP contribution >= 0.6 is 23.2 Å². The van der Waals surface area contributed by atoms with Crippen molar-refractivity contribution < 1.29 is 17.6 Å². The maximum Gasteiger partial charge on any atom is 0.435 e. The lowest BCUT2D eigenvalue weighted by molar-refractivity contribution is -0.141. The van der Waals surface area contributed by atoms with Gasteiger partial charge >= 0.3 is 6.18 Å². The van der Waals surface area contributed by atoms with Crippen LogP contribution < -0.4 is 0 Å². The summed E-state index contributed by atoms with van der Waals surface area (Å²) in [6.07, 6.45) is -3.32. The summed E-state index contributed by atoms with van der Waals surface area (Å²) in [6, 6.07) is 5.60. The van der Waals surface area contributed by atoms with Crippen molar-refractivity contribution in [3.05, 3.63) is 52.1 Å². The van der Waals surface area contributed by atoms with Crippen LogP contribution in [0.15, 0.2) is 34.9 Å². The lowest BCUT2D eigenvalue weighted by Crippen LogP contribution is -2.08. The molecule has 0 saturated heterocycles. The molecule has 0 saturated carbocycles. The van der Waals surface area contributed by atoms with E-state index in [1.54, 1.807) is 12.1 Å². The molecule has 0 aliphatic heterocycles. The zero-order valence-corrected chi connectivity index (χ0v) is 12.7. The summed E-state index contributed by atoms with van der Waals surface area (Å²) in [6.45, 7) is -0.0890. The van der Waals surface area contributed by atoms with Gasteiger partial charge in [-0.1, -0.05) is 23.2 Å². The van der Waals surface area contributed by atoms with Crippen molar-refractivity contribution in [2.24, 2.45) is 0 Å². The highest BCUT2D eigenvalue weighted by molar-refractivity contribution is 6.36. The third kappa shape index (κ3) is 3.48. The molecule has 0 fully saturated rings. The van der Waals surface area contributed by atoms with Gasteiger partial charge in [0.1, 0.15) is 6.54 Å². The minimum atomic E-state index is -4.50. The summed E-state index contributed by atoms with van der Waals surface area (Å²) in [7, 11) is 0. The van der Waals surface area contributed by atoms with Gasteiger partial charge in [-0.3, -0.25) is 4.68 Å². The maximum absolute atomic E-state index is 12.5. The highest BCUT2D eigenvalue weighted by atomic mass is 35.5. The van der Waals surface area contributed by atoms with Crippen LogP contribution in [0, 0.1) is 0 Å². The van der Waals surface area contributed by atoms with Crippen LogP contribution in [-0.2, 0) is 12.7 Å². The molecule has 120 valence electrons. The zero-order valence-electron chi connectivity index (χ0n) is 11.2. The number of benzene rings is 1. The second-order valence-electron chi connectivity index (χ2n) is 4.52. The van der Waals surface area contributed by atoms with E-state index in [9.17, 15) is 13.2 Å². The minimum Gasteiger partial charge on any atom is -0.419 e. The first-order valence-corrected chi connectivity index (χ1v) is 6.97. The Morgan fingerprint density at radius 2 is 1.91 bits per heavy atom. The van der Waals surface area contributed by atoms with Crippen molar-refractivity contribution in [2.75, 3.05) is 0 Å². The molecule has 0 bridgehead atoms. The van der Waals surface area contributed by atoms with E-state index in [0.717, 1.165) is 10.7 Å². The molecule has 0 aliphatic carbocycles. The van der Waals surface area contributed by atoms with Gasteiger partial charge in [0.25, 0.3) is 0 Å². The number of hydrogen-bond donors (Lipinski definition) is 0. The predicted molar refractivity (Wildman–Crippen MR) is 76.1 cm³/mol. The van der Waals surface area contributed by atoms with Crippen molar-refractivity contribution in [1.29, 1.82) is 0 Å². The lowest BCUT2D eigenvalue weighted by Gasteiger charge is -2.01. The van der Waals surface area contributed by atoms with Gasteiger partial charge in [-0.05, 0) is 24.3 Å². The van der Waals surface area contributed by atoms with Gasteiger partial charge in [0, 0.05) is 11.2 Å². The number of halogens is 5. The topological polar surface area (TPSA) is 56.7 Å². The Labute approximate surface area is 137 Å². The molecule has 3 aromatic rings. The van der Waals surface area contributed by atoms with Gasteiger partial charge in [0.15, 0.2) is 5.69 Å². The first-order chi connectivity index (χ1) is 10.8. The Balaban J connectivity index is 1.81. The van der Waals surface area contributed by atoms with E-state index < -0.39 is 11.9 Å². The highest BCUT2D eigenvalue weighted by Crippen LogP contribution is 2.30. The average Bonchev–Trinajstić information content (AvgIpc) is 3.08. The largest absolute Gasteiger partial charge is 0.435 e. The predicted octanol–water partition coefficient (Wildman–Crippen LogP) is 4.31. The second kappa shape index (κ2) is 5.86. The van der Waals surface area contributed by atoms with E-state index in [-0.39, 0.29) is 18.3 Å². The summed E-state index contributed by atoms with van der Waals surface area (Å²) in [5.41, 5.74) is -0.510. The first-order valence-electron chi connectivity index (χ1n) is 6.21. The molecule has 3 rings (SSSR count). The van der Waals surface area contributed by atoms with E-state index in [2.05, 4.69) is 15.3 Å². The van der Waals surface area contributed by atoms with E-state index in [0.29, 0.717) is 15.6 Å². The fourth-order valence-corrected chi connectivity index (χ4v) is 2.32. The van der Waals surface area contributed by atoms with E-state index in [1.807, 2.05) is 0 Å². The second-order valence-corrected chi connectivity index (χ2v) is 5.37. The number of aromatic nitrogens is 4. The molecular formula is C13H7Cl2F3N4O. The van der Waals surface area contributed by atoms with Gasteiger partial charge in [-0.25, -0.2) is 0 Å². The van der Waals surface area contributed by atoms with Crippen LogP contribution in [0.3, 0.4) is 0 Å². The van der Waals surface area contributed by atoms with Gasteiger partial charge in [-0.15, -0.1) is 10.2 Å². The average molecular weight is 363 g/mol. The van der Waals surface area contributed by atoms with Crippen LogP contribution in [-0.4, -0.2) is 20.0 Å². The molecule has 0 amide bonds. The molecule has 0 spiro atoms. The van der Waals surface area contributed by atoms with Gasteiger partial charge < -0.3 is 4.42 Å². The van der Waals surface area contributed by atoms with E-state index >= 15 is 0 Å². The van der Waals surface area contributed by atoms with Crippen molar-refractivity contribution in [3.8, 4) is 11.5 Å². The van der Waals surface area contributed by atoms with Crippen molar-refractivity contribution in [3.63, 3.8) is 0 Å². The molecule has 5 nitrogen and oxygen atoms in total. The van der Waals surface area contributed by atoms with Crippen molar-refractivity contribution >= 4 is 23.2 Å². The summed E-state index contributed by atoms with van der Waals surface area (Å²) in [4.78, 5) is 0. The summed E-state index contributed by atoms with van der Waals surface area (Å²) in [5, 5.41) is 11.8. The fourth-order valence-electron chi connectivity index (χ4n) is 1.83. The van der Waals surface area contributed by atoms with E-state index in [4.69, 9.17) is 27.6 Å². The number of hydrogen-bond acceptors (Lipinski definition) is 4. The van der Waals surface area contributed by atoms with Crippen molar-refractivity contribution in [1.82, 2.24) is 20.0 Å². The van der Waals surface area contributed by atoms with Gasteiger partial charge in [0.2, 0.25) is 11.8 Å². The molecule has 0 atom stereocenters. The van der Waals surface area contributed by atoms with Crippen LogP contribution in [0.1, 0.15) is 11.6 Å². The van der Waals surface area contributed by atoms with Crippen LogP contribution in [0.5, 0.6) is 0 Å². The quantitative estimate of drug-likeness (QED) is 0.696. The molecular weight excluding hydrogens is 356 g/mol. The monoisotopic (exact) mass is 362 g/mol. The minimum absolute atomic E-state index is 0.0890. The fraction of sp³-hybridized carbons (Fsp3) is 0.154. The molecule has 2 heterocycles. The number of rotatable bonds is 3. The van der Waals surface area contributed by atoms with E-state index in [1.165, 1.54) is 12.3 Å². The standard InChI is InChI=1S/C13H7Cl2F3N4O/c14-7-1-2-8(9(15)5-7)12-20-19-11(23-12)6-22-4-3-10(21-22)13(16,17)18/h1-5H,6H2. The lowest BCUT2D eigenvalue weighted by atomic mass is 10.2. The number of nitrogens with zero attached hydrogens (tertiary/aromatic N) is 4. The number of alkyl halides is 3. The molecule has 0 aliphatic rings. The van der Waals surface area contributed by atoms with Gasteiger partial charge in [0.05, 0.1) is 10.6 Å². The third-order valence-electron chi connectivity index (χ3n) is 2.86.